The Kier molecular flexibility index (Phi) is 7.53. The van der Waals surface area contributed by atoms with Gasteiger partial charge in [0.15, 0.2) is 5.13 Å². The molecule has 206 valence electrons. The van der Waals surface area contributed by atoms with Crippen molar-refractivity contribution >= 4 is 46.0 Å². The van der Waals surface area contributed by atoms with Gasteiger partial charge in [0.2, 0.25) is 6.41 Å². The van der Waals surface area contributed by atoms with Crippen LogP contribution in [0, 0.1) is 20.8 Å². The van der Waals surface area contributed by atoms with Crippen molar-refractivity contribution in [2.24, 2.45) is 0 Å². The second-order valence-corrected chi connectivity index (χ2v) is 11.3. The Bertz CT molecular complexity index is 1420. The largest absolute Gasteiger partial charge is 0.455 e. The van der Waals surface area contributed by atoms with E-state index in [2.05, 4.69) is 40.3 Å². The number of thiazole rings is 2. The Morgan fingerprint density at radius 2 is 1.85 bits per heavy atom. The number of nitrogens with zero attached hydrogens (tertiary/aromatic N) is 7. The molecular weight excluding hydrogens is 553 g/mol. The van der Waals surface area contributed by atoms with E-state index in [1.807, 2.05) is 39.1 Å². The summed E-state index contributed by atoms with van der Waals surface area (Å²) in [7, 11) is 0. The molecule has 4 aromatic rings. The first-order chi connectivity index (χ1) is 18.6. The first-order valence-corrected chi connectivity index (χ1v) is 13.8. The maximum absolute atomic E-state index is 12.4. The summed E-state index contributed by atoms with van der Waals surface area (Å²) in [6, 6.07) is 3.88. The summed E-state index contributed by atoms with van der Waals surface area (Å²) in [6.45, 7) is 6.91. The highest BCUT2D eigenvalue weighted by atomic mass is 32.1. The quantitative estimate of drug-likeness (QED) is 0.318. The molecule has 0 saturated carbocycles. The molecule has 2 aliphatic heterocycles. The molecule has 0 aliphatic carbocycles. The molecule has 2 aliphatic rings. The van der Waals surface area contributed by atoms with Crippen LogP contribution in [0.4, 0.5) is 30.1 Å². The summed E-state index contributed by atoms with van der Waals surface area (Å²) in [6.07, 6.45) is -0.270. The molecule has 6 rings (SSSR count). The van der Waals surface area contributed by atoms with Crippen LogP contribution >= 0.6 is 22.7 Å². The lowest BCUT2D eigenvalue weighted by Gasteiger charge is -2.37. The van der Waals surface area contributed by atoms with Gasteiger partial charge in [-0.2, -0.15) is 18.2 Å². The Morgan fingerprint density at radius 1 is 1.10 bits per heavy atom. The van der Waals surface area contributed by atoms with Crippen LogP contribution in [0.1, 0.15) is 34.9 Å². The highest BCUT2D eigenvalue weighted by molar-refractivity contribution is 7.16. The van der Waals surface area contributed by atoms with Crippen molar-refractivity contribution in [3.63, 3.8) is 0 Å². The summed E-state index contributed by atoms with van der Waals surface area (Å²) in [5.41, 5.74) is 3.16. The Labute approximate surface area is 229 Å². The van der Waals surface area contributed by atoms with E-state index in [4.69, 9.17) is 0 Å². The monoisotopic (exact) mass is 578 g/mol. The van der Waals surface area contributed by atoms with Crippen molar-refractivity contribution in [1.29, 1.82) is 0 Å². The second kappa shape index (κ2) is 10.9. The molecule has 15 heteroatoms. The van der Waals surface area contributed by atoms with Gasteiger partial charge in [-0.25, -0.2) is 15.0 Å². The van der Waals surface area contributed by atoms with Crippen molar-refractivity contribution < 1.29 is 22.5 Å². The van der Waals surface area contributed by atoms with E-state index < -0.39 is 12.0 Å². The van der Waals surface area contributed by atoms with Crippen LogP contribution in [-0.2, 0) is 11.0 Å². The maximum atomic E-state index is 12.4. The summed E-state index contributed by atoms with van der Waals surface area (Å²) >= 11 is 3.26. The van der Waals surface area contributed by atoms with Crippen molar-refractivity contribution in [2.45, 2.75) is 51.9 Å². The number of hydrogen-bond donors (Lipinski definition) is 1. The van der Waals surface area contributed by atoms with Crippen molar-refractivity contribution in [1.82, 2.24) is 30.0 Å². The van der Waals surface area contributed by atoms with Crippen LogP contribution in [0.2, 0.25) is 0 Å². The van der Waals surface area contributed by atoms with E-state index in [0.717, 1.165) is 57.0 Å². The molecule has 0 unspecified atom stereocenters. The molecule has 1 amide bonds. The third-order valence-electron chi connectivity index (χ3n) is 6.39. The lowest BCUT2D eigenvalue weighted by molar-refractivity contribution is -0.146. The highest BCUT2D eigenvalue weighted by Gasteiger charge is 2.42. The fourth-order valence-electron chi connectivity index (χ4n) is 4.58. The zero-order valence-electron chi connectivity index (χ0n) is 21.3. The highest BCUT2D eigenvalue weighted by Crippen LogP contribution is 2.34. The molecule has 2 bridgehead atoms. The van der Waals surface area contributed by atoms with Crippen molar-refractivity contribution in [3.05, 3.63) is 45.8 Å². The van der Waals surface area contributed by atoms with E-state index in [1.54, 1.807) is 32.5 Å². The predicted octanol–water partition coefficient (Wildman–Crippen LogP) is 5.23. The summed E-state index contributed by atoms with van der Waals surface area (Å²) in [5, 5.41) is 10.1. The Morgan fingerprint density at radius 3 is 2.41 bits per heavy atom. The lowest BCUT2D eigenvalue weighted by atomic mass is 10.2. The summed E-state index contributed by atoms with van der Waals surface area (Å²) in [4.78, 5) is 32.1. The third-order valence-corrected chi connectivity index (χ3v) is 8.24. The van der Waals surface area contributed by atoms with Gasteiger partial charge in [0, 0.05) is 36.8 Å². The number of nitrogens with one attached hydrogen (secondary N) is 1. The average Bonchev–Trinajstić information content (AvgIpc) is 3.67. The number of fused-ring (bicyclic) bond motifs is 2. The van der Waals surface area contributed by atoms with Gasteiger partial charge in [0.05, 0.1) is 21.3 Å². The summed E-state index contributed by atoms with van der Waals surface area (Å²) < 4.78 is 41.8. The molecule has 0 radical (unpaired) electrons. The number of amides is 1. The van der Waals surface area contributed by atoms with Crippen LogP contribution < -0.4 is 10.2 Å². The van der Waals surface area contributed by atoms with Gasteiger partial charge in [-0.3, -0.25) is 4.79 Å². The average molecular weight is 579 g/mol. The molecule has 6 heterocycles. The fraction of sp³-hybridized carbons (Fsp3) is 0.417. The van der Waals surface area contributed by atoms with Crippen molar-refractivity contribution in [3.8, 4) is 10.6 Å². The number of piperazine rings is 1. The Balaban J connectivity index is 0.000000158. The number of anilines is 3. The van der Waals surface area contributed by atoms with Crippen LogP contribution in [0.25, 0.3) is 10.6 Å². The van der Waals surface area contributed by atoms with E-state index in [1.165, 1.54) is 0 Å². The SMILES string of the molecule is Cc1ccc(Nc2nc(-c3sc(C)nc3C)cs2)nc1.O=CN1[C@@H]2CC[C@H]1CN(c1nc(C(F)(F)F)no1)C2. The van der Waals surface area contributed by atoms with Gasteiger partial charge in [-0.05, 0) is 50.4 Å². The molecule has 0 aromatic carbocycles. The van der Waals surface area contributed by atoms with E-state index in [-0.39, 0.29) is 18.1 Å². The van der Waals surface area contributed by atoms with E-state index >= 15 is 0 Å². The second-order valence-electron chi connectivity index (χ2n) is 9.27. The molecule has 10 nitrogen and oxygen atoms in total. The van der Waals surface area contributed by atoms with Crippen LogP contribution in [-0.4, -0.2) is 61.6 Å². The van der Waals surface area contributed by atoms with Gasteiger partial charge in [0.25, 0.3) is 5.82 Å². The smallest absolute Gasteiger partial charge is 0.336 e. The van der Waals surface area contributed by atoms with Crippen LogP contribution in [0.3, 0.4) is 0 Å². The van der Waals surface area contributed by atoms with Gasteiger partial charge in [-0.1, -0.05) is 6.07 Å². The van der Waals surface area contributed by atoms with Crippen molar-refractivity contribution in [2.75, 3.05) is 23.3 Å². The number of carbonyl (C=O) groups is 1. The molecule has 4 aromatic heterocycles. The third kappa shape index (κ3) is 6.03. The van der Waals surface area contributed by atoms with Gasteiger partial charge < -0.3 is 19.6 Å². The van der Waals surface area contributed by atoms with Crippen LogP contribution in [0.5, 0.6) is 0 Å². The minimum Gasteiger partial charge on any atom is -0.336 e. The lowest BCUT2D eigenvalue weighted by Crippen LogP contribution is -2.53. The van der Waals surface area contributed by atoms with Gasteiger partial charge in [0.1, 0.15) is 5.82 Å². The number of pyridine rings is 1. The Hall–Kier alpha value is -3.59. The fourth-order valence-corrected chi connectivity index (χ4v) is 6.24. The van der Waals surface area contributed by atoms with E-state index in [9.17, 15) is 18.0 Å². The molecule has 0 spiro atoms. The van der Waals surface area contributed by atoms with Gasteiger partial charge >= 0.3 is 12.2 Å². The van der Waals surface area contributed by atoms with E-state index in [0.29, 0.717) is 13.1 Å². The number of halogens is 3. The minimum atomic E-state index is -4.61. The molecule has 39 heavy (non-hydrogen) atoms. The number of carbonyl (C=O) groups excluding carboxylic acids is 1. The standard InChI is InChI=1S/C14H14N4S2.C10H11F3N4O2/c1-8-4-5-12(15-6-8)18-14-17-11(7-19-14)13-9(2)16-10(3)20-13;11-10(12,13)8-14-9(19-15-8)16-3-6-1-2-7(4-16)17(6)5-18/h4-7H,1-3H3,(H,15,17,18);5-7H,1-4H2/t;6-,7+. The number of aromatic nitrogens is 5. The normalized spacial score (nSPS) is 18.6. The zero-order valence-corrected chi connectivity index (χ0v) is 22.9. The molecular formula is C24H25F3N8O2S2. The zero-order chi connectivity index (χ0) is 27.7. The number of rotatable bonds is 5. The predicted molar refractivity (Wildman–Crippen MR) is 141 cm³/mol. The first kappa shape index (κ1) is 27.0. The minimum absolute atomic E-state index is 0.0116. The van der Waals surface area contributed by atoms with Gasteiger partial charge in [-0.15, -0.1) is 22.7 Å². The number of hydrogen-bond acceptors (Lipinski definition) is 11. The number of aryl methyl sites for hydroxylation is 3. The molecule has 1 N–H and O–H groups in total. The molecule has 2 atom stereocenters. The first-order valence-electron chi connectivity index (χ1n) is 12.1. The molecule has 2 fully saturated rings. The van der Waals surface area contributed by atoms with Crippen LogP contribution in [0.15, 0.2) is 28.2 Å². The topological polar surface area (TPSA) is 113 Å². The summed E-state index contributed by atoms with van der Waals surface area (Å²) in [5.74, 6) is -0.457. The number of alkyl halides is 3. The maximum Gasteiger partial charge on any atom is 0.455 e. The molecule has 2 saturated heterocycles.